The average molecular weight is 387 g/mol. The van der Waals surface area contributed by atoms with Gasteiger partial charge in [-0.3, -0.25) is 0 Å². The molecule has 1 aliphatic rings. The Bertz CT molecular complexity index is 1070. The molecule has 1 aromatic heterocycles. The minimum Gasteiger partial charge on any atom is -0.328 e. The van der Waals surface area contributed by atoms with E-state index in [2.05, 4.69) is 15.6 Å². The number of para-hydroxylation sites is 2. The van der Waals surface area contributed by atoms with Crippen LogP contribution in [0.4, 0.5) is 4.39 Å². The van der Waals surface area contributed by atoms with Gasteiger partial charge in [0.1, 0.15) is 16.5 Å². The molecule has 0 saturated carbocycles. The third kappa shape index (κ3) is 3.37. The smallest absolute Gasteiger partial charge is 0.245 e. The summed E-state index contributed by atoms with van der Waals surface area (Å²) in [6.07, 6.45) is 1.50. The van der Waals surface area contributed by atoms with Crippen LogP contribution in [0.3, 0.4) is 0 Å². The number of aromatic nitrogens is 2. The summed E-state index contributed by atoms with van der Waals surface area (Å²) in [7, 11) is -3.78. The van der Waals surface area contributed by atoms with Crippen molar-refractivity contribution >= 4 is 21.1 Å². The first-order valence-corrected chi connectivity index (χ1v) is 10.6. The van der Waals surface area contributed by atoms with Gasteiger partial charge in [-0.1, -0.05) is 24.3 Å². The fourth-order valence-electron chi connectivity index (χ4n) is 3.81. The molecule has 0 aliphatic carbocycles. The Balaban J connectivity index is 1.48. The van der Waals surface area contributed by atoms with Crippen molar-refractivity contribution in [1.29, 1.82) is 0 Å². The second kappa shape index (κ2) is 7.05. The molecule has 0 amide bonds. The molecule has 1 aliphatic heterocycles. The van der Waals surface area contributed by atoms with Crippen LogP contribution >= 0.6 is 0 Å². The molecule has 4 rings (SSSR count). The van der Waals surface area contributed by atoms with Crippen molar-refractivity contribution in [3.05, 3.63) is 60.2 Å². The summed E-state index contributed by atoms with van der Waals surface area (Å²) in [4.78, 5) is 4.36. The van der Waals surface area contributed by atoms with Crippen molar-refractivity contribution in [3.63, 3.8) is 0 Å². The zero-order valence-electron chi connectivity index (χ0n) is 15.2. The number of hydrogen-bond acceptors (Lipinski definition) is 3. The number of piperidine rings is 1. The molecule has 1 fully saturated rings. The van der Waals surface area contributed by atoms with E-state index in [-0.39, 0.29) is 4.90 Å². The van der Waals surface area contributed by atoms with Crippen LogP contribution in [-0.2, 0) is 16.6 Å². The minimum atomic E-state index is -3.78. The molecule has 0 N–H and O–H groups in total. The number of fused-ring (bicyclic) bond motifs is 1. The lowest BCUT2D eigenvalue weighted by Crippen LogP contribution is -2.39. The number of nitrogens with zero attached hydrogens (tertiary/aromatic N) is 3. The van der Waals surface area contributed by atoms with Gasteiger partial charge in [0.2, 0.25) is 10.0 Å². The third-order valence-corrected chi connectivity index (χ3v) is 7.25. The van der Waals surface area contributed by atoms with Crippen molar-refractivity contribution in [2.24, 2.45) is 5.92 Å². The van der Waals surface area contributed by atoms with Crippen molar-refractivity contribution in [2.75, 3.05) is 13.1 Å². The summed E-state index contributed by atoms with van der Waals surface area (Å²) in [5.74, 6) is 0.645. The average Bonchev–Trinajstić information content (AvgIpc) is 2.98. The molecule has 1 saturated heterocycles. The highest BCUT2D eigenvalue weighted by atomic mass is 32.2. The topological polar surface area (TPSA) is 55.2 Å². The van der Waals surface area contributed by atoms with E-state index >= 15 is 0 Å². The normalized spacial score (nSPS) is 16.8. The van der Waals surface area contributed by atoms with Gasteiger partial charge in [0.05, 0.1) is 11.0 Å². The fraction of sp³-hybridized carbons (Fsp3) is 0.350. The highest BCUT2D eigenvalue weighted by Crippen LogP contribution is 2.27. The predicted molar refractivity (Wildman–Crippen MR) is 102 cm³/mol. The van der Waals surface area contributed by atoms with E-state index in [0.29, 0.717) is 19.0 Å². The predicted octanol–water partition coefficient (Wildman–Crippen LogP) is 3.58. The Kier molecular flexibility index (Phi) is 4.74. The van der Waals surface area contributed by atoms with Crippen LogP contribution in [0.15, 0.2) is 53.4 Å². The van der Waals surface area contributed by atoms with Crippen LogP contribution in [0.2, 0.25) is 0 Å². The monoisotopic (exact) mass is 387 g/mol. The lowest BCUT2D eigenvalue weighted by Gasteiger charge is -2.31. The van der Waals surface area contributed by atoms with Gasteiger partial charge in [-0.15, -0.1) is 0 Å². The highest BCUT2D eigenvalue weighted by Gasteiger charge is 2.31. The number of halogens is 1. The number of rotatable bonds is 4. The van der Waals surface area contributed by atoms with Gasteiger partial charge in [-0.2, -0.15) is 4.31 Å². The quantitative estimate of drug-likeness (QED) is 0.688. The van der Waals surface area contributed by atoms with E-state index in [9.17, 15) is 12.8 Å². The Hall–Kier alpha value is -2.25. The molecular formula is C20H22FN3O2S. The van der Waals surface area contributed by atoms with Gasteiger partial charge in [-0.05, 0) is 49.9 Å². The molecule has 2 heterocycles. The van der Waals surface area contributed by atoms with Gasteiger partial charge >= 0.3 is 0 Å². The van der Waals surface area contributed by atoms with E-state index in [1.54, 1.807) is 6.07 Å². The largest absolute Gasteiger partial charge is 0.328 e. The maximum absolute atomic E-state index is 13.9. The highest BCUT2D eigenvalue weighted by molar-refractivity contribution is 7.89. The van der Waals surface area contributed by atoms with Crippen LogP contribution in [0.5, 0.6) is 0 Å². The second-order valence-corrected chi connectivity index (χ2v) is 8.94. The van der Waals surface area contributed by atoms with Crippen molar-refractivity contribution in [2.45, 2.75) is 31.2 Å². The second-order valence-electron chi connectivity index (χ2n) is 7.04. The summed E-state index contributed by atoms with van der Waals surface area (Å²) >= 11 is 0. The molecule has 5 nitrogen and oxygen atoms in total. The van der Waals surface area contributed by atoms with Gasteiger partial charge in [0.25, 0.3) is 0 Å². The zero-order chi connectivity index (χ0) is 19.0. The maximum atomic E-state index is 13.9. The first-order chi connectivity index (χ1) is 13.0. The first kappa shape index (κ1) is 18.1. The molecule has 0 bridgehead atoms. The number of imidazole rings is 1. The Morgan fingerprint density at radius 2 is 1.74 bits per heavy atom. The number of benzene rings is 2. The van der Waals surface area contributed by atoms with Gasteiger partial charge < -0.3 is 4.57 Å². The van der Waals surface area contributed by atoms with Crippen LogP contribution < -0.4 is 0 Å². The number of hydrogen-bond donors (Lipinski definition) is 0. The lowest BCUT2D eigenvalue weighted by molar-refractivity contribution is 0.253. The molecule has 3 aromatic rings. The molecular weight excluding hydrogens is 365 g/mol. The number of sulfonamides is 1. The number of aryl methyl sites for hydroxylation is 1. The molecule has 0 atom stereocenters. The van der Waals surface area contributed by atoms with Gasteiger partial charge in [-0.25, -0.2) is 17.8 Å². The molecule has 27 heavy (non-hydrogen) atoms. The third-order valence-electron chi connectivity index (χ3n) is 5.31. The van der Waals surface area contributed by atoms with Crippen LogP contribution in [0.25, 0.3) is 11.0 Å². The lowest BCUT2D eigenvalue weighted by atomic mass is 9.98. The molecule has 0 spiro atoms. The molecule has 0 unspecified atom stereocenters. The fourth-order valence-corrected chi connectivity index (χ4v) is 5.34. The van der Waals surface area contributed by atoms with E-state index < -0.39 is 15.8 Å². The Morgan fingerprint density at radius 3 is 2.48 bits per heavy atom. The van der Waals surface area contributed by atoms with Crippen LogP contribution in [0.1, 0.15) is 18.7 Å². The van der Waals surface area contributed by atoms with Crippen LogP contribution in [0, 0.1) is 18.7 Å². The van der Waals surface area contributed by atoms with Crippen molar-refractivity contribution in [1.82, 2.24) is 13.9 Å². The maximum Gasteiger partial charge on any atom is 0.245 e. The molecule has 7 heteroatoms. The zero-order valence-corrected chi connectivity index (χ0v) is 16.0. The standard InChI is InChI=1S/C20H22FN3O2S/c1-15-22-18-7-3-4-8-19(18)24(15)14-16-10-12-23(13-11-16)27(25,26)20-9-5-2-6-17(20)21/h2-9,16H,10-14H2,1H3. The minimum absolute atomic E-state index is 0.236. The van der Waals surface area contributed by atoms with E-state index in [1.807, 2.05) is 25.1 Å². The van der Waals surface area contributed by atoms with Crippen molar-refractivity contribution in [3.8, 4) is 0 Å². The summed E-state index contributed by atoms with van der Waals surface area (Å²) in [5.41, 5.74) is 2.09. The van der Waals surface area contributed by atoms with Gasteiger partial charge in [0.15, 0.2) is 0 Å². The Morgan fingerprint density at radius 1 is 1.07 bits per heavy atom. The van der Waals surface area contributed by atoms with E-state index in [1.165, 1.54) is 22.5 Å². The summed E-state index contributed by atoms with van der Waals surface area (Å²) < 4.78 is 43.0. The molecule has 0 radical (unpaired) electrons. The Labute approximate surface area is 158 Å². The first-order valence-electron chi connectivity index (χ1n) is 9.13. The van der Waals surface area contributed by atoms with E-state index in [4.69, 9.17) is 0 Å². The molecule has 2 aromatic carbocycles. The SMILES string of the molecule is Cc1nc2ccccc2n1CC1CCN(S(=O)(=O)c2ccccc2F)CC1. The van der Waals surface area contributed by atoms with Gasteiger partial charge in [0, 0.05) is 19.6 Å². The summed E-state index contributed by atoms with van der Waals surface area (Å²) in [5, 5.41) is 0. The van der Waals surface area contributed by atoms with Crippen molar-refractivity contribution < 1.29 is 12.8 Å². The molecule has 142 valence electrons. The van der Waals surface area contributed by atoms with Crippen LogP contribution in [-0.4, -0.2) is 35.4 Å². The summed E-state index contributed by atoms with van der Waals surface area (Å²) in [6.45, 7) is 3.64. The van der Waals surface area contributed by atoms with E-state index in [0.717, 1.165) is 36.2 Å². The summed E-state index contributed by atoms with van der Waals surface area (Å²) in [6, 6.07) is 13.6.